The smallest absolute Gasteiger partial charge is 0.246 e. The fraction of sp³-hybridized carbons (Fsp3) is 0.333. The third-order valence-corrected chi connectivity index (χ3v) is 5.22. The van der Waals surface area contributed by atoms with E-state index in [4.69, 9.17) is 4.99 Å². The molecule has 24 heavy (non-hydrogen) atoms. The number of nitrogens with one attached hydrogen (secondary N) is 1. The van der Waals surface area contributed by atoms with E-state index in [1.165, 1.54) is 5.56 Å². The molecule has 122 valence electrons. The number of aliphatic imine (C=N–C) groups is 1. The summed E-state index contributed by atoms with van der Waals surface area (Å²) >= 11 is 0. The molecule has 5 rings (SSSR count). The van der Waals surface area contributed by atoms with Crippen LogP contribution in [0.15, 0.2) is 59.2 Å². The maximum atomic E-state index is 13.0. The Morgan fingerprint density at radius 3 is 2.96 bits per heavy atom. The molecule has 1 amide bonds. The number of hydrogen-bond donors (Lipinski definition) is 1. The van der Waals surface area contributed by atoms with Gasteiger partial charge in [0.2, 0.25) is 12.2 Å². The first-order chi connectivity index (χ1) is 11.7. The Morgan fingerprint density at radius 2 is 2.12 bits per heavy atom. The van der Waals surface area contributed by atoms with Gasteiger partial charge in [0.25, 0.3) is 0 Å². The molecule has 1 aliphatic carbocycles. The highest BCUT2D eigenvalue weighted by Crippen LogP contribution is 2.36. The van der Waals surface area contributed by atoms with Gasteiger partial charge in [-0.1, -0.05) is 36.4 Å². The van der Waals surface area contributed by atoms with Crippen LogP contribution < -0.4 is 5.32 Å². The van der Waals surface area contributed by atoms with Gasteiger partial charge in [-0.15, -0.1) is 0 Å². The van der Waals surface area contributed by atoms with E-state index >= 15 is 0 Å². The standard InChI is InChI=1S/C18H19N5O/c1-21-17(24)15-16(23-14-9-5-8-13(14)20-18(21)23)19-11-22(15)10-12-6-3-2-4-7-12/h2-9,15-16,18-19H,10-11H2,1H3. The largest absolute Gasteiger partial charge is 0.313 e. The van der Waals surface area contributed by atoms with E-state index in [9.17, 15) is 4.79 Å². The van der Waals surface area contributed by atoms with Gasteiger partial charge >= 0.3 is 0 Å². The second kappa shape index (κ2) is 5.03. The van der Waals surface area contributed by atoms with Gasteiger partial charge in [0.15, 0.2) is 0 Å². The molecule has 0 radical (unpaired) electrons. The lowest BCUT2D eigenvalue weighted by Crippen LogP contribution is -2.66. The normalized spacial score (nSPS) is 31.0. The molecule has 6 heteroatoms. The molecule has 2 fully saturated rings. The highest BCUT2D eigenvalue weighted by atomic mass is 16.2. The molecule has 0 spiro atoms. The van der Waals surface area contributed by atoms with Crippen LogP contribution in [0, 0.1) is 0 Å². The number of likely N-dealkylation sites (N-methyl/N-ethyl adjacent to an activating group) is 1. The number of carbonyl (C=O) groups excluding carboxylic acids is 1. The minimum Gasteiger partial charge on any atom is -0.313 e. The molecule has 1 N–H and O–H groups in total. The third-order valence-electron chi connectivity index (χ3n) is 5.22. The SMILES string of the molecule is CN1C(=O)C2C(NCN2Cc2ccccc2)N2C3=CC=CC3=NC12. The van der Waals surface area contributed by atoms with Crippen molar-refractivity contribution in [2.45, 2.75) is 25.0 Å². The lowest BCUT2D eigenvalue weighted by molar-refractivity contribution is -0.149. The summed E-state index contributed by atoms with van der Waals surface area (Å²) in [4.78, 5) is 23.9. The van der Waals surface area contributed by atoms with Crippen molar-refractivity contribution in [3.05, 3.63) is 59.8 Å². The number of hydrogen-bond acceptors (Lipinski definition) is 5. The zero-order chi connectivity index (χ0) is 16.3. The molecule has 4 aliphatic rings. The van der Waals surface area contributed by atoms with Gasteiger partial charge < -0.3 is 9.80 Å². The number of allylic oxidation sites excluding steroid dienone is 3. The first-order valence-corrected chi connectivity index (χ1v) is 8.27. The van der Waals surface area contributed by atoms with E-state index < -0.39 is 0 Å². The average molecular weight is 321 g/mol. The summed E-state index contributed by atoms with van der Waals surface area (Å²) in [6, 6.07) is 10.1. The van der Waals surface area contributed by atoms with Crippen molar-refractivity contribution < 1.29 is 4.79 Å². The minimum absolute atomic E-state index is 0.0326. The van der Waals surface area contributed by atoms with Crippen LogP contribution in [0.4, 0.5) is 0 Å². The molecular formula is C18H19N5O. The van der Waals surface area contributed by atoms with Crippen LogP contribution in [-0.2, 0) is 11.3 Å². The third kappa shape index (κ3) is 1.84. The fourth-order valence-electron chi connectivity index (χ4n) is 4.06. The van der Waals surface area contributed by atoms with Crippen molar-refractivity contribution in [2.75, 3.05) is 13.7 Å². The van der Waals surface area contributed by atoms with Crippen molar-refractivity contribution in [3.8, 4) is 0 Å². The Hall–Kier alpha value is -2.44. The van der Waals surface area contributed by atoms with Gasteiger partial charge in [0, 0.05) is 13.6 Å². The maximum absolute atomic E-state index is 13.0. The number of carbonyl (C=O) groups is 1. The van der Waals surface area contributed by atoms with Crippen molar-refractivity contribution in [1.82, 2.24) is 20.0 Å². The highest BCUT2D eigenvalue weighted by Gasteiger charge is 2.54. The molecule has 3 unspecified atom stereocenters. The molecule has 3 atom stereocenters. The number of benzene rings is 1. The van der Waals surface area contributed by atoms with Gasteiger partial charge in [-0.25, -0.2) is 4.99 Å². The van der Waals surface area contributed by atoms with E-state index in [0.29, 0.717) is 6.67 Å². The van der Waals surface area contributed by atoms with Crippen LogP contribution in [0.3, 0.4) is 0 Å². The van der Waals surface area contributed by atoms with Gasteiger partial charge in [-0.05, 0) is 17.7 Å². The zero-order valence-corrected chi connectivity index (χ0v) is 13.5. The van der Waals surface area contributed by atoms with Crippen LogP contribution in [0.5, 0.6) is 0 Å². The van der Waals surface area contributed by atoms with Crippen molar-refractivity contribution >= 4 is 11.6 Å². The second-order valence-electron chi connectivity index (χ2n) is 6.61. The number of amides is 1. The molecule has 0 saturated carbocycles. The van der Waals surface area contributed by atoms with E-state index in [-0.39, 0.29) is 24.4 Å². The Labute approximate surface area is 140 Å². The zero-order valence-electron chi connectivity index (χ0n) is 13.5. The Balaban J connectivity index is 1.47. The molecule has 3 heterocycles. The second-order valence-corrected chi connectivity index (χ2v) is 6.61. The highest BCUT2D eigenvalue weighted by molar-refractivity contribution is 6.12. The summed E-state index contributed by atoms with van der Waals surface area (Å²) in [5, 5.41) is 3.53. The molecule has 1 aromatic rings. The Kier molecular flexibility index (Phi) is 2.92. The average Bonchev–Trinajstić information content (AvgIpc) is 3.27. The maximum Gasteiger partial charge on any atom is 0.246 e. The molecule has 2 saturated heterocycles. The van der Waals surface area contributed by atoms with Crippen molar-refractivity contribution in [3.63, 3.8) is 0 Å². The molecule has 0 aromatic heterocycles. The van der Waals surface area contributed by atoms with Crippen molar-refractivity contribution in [1.29, 1.82) is 0 Å². The first-order valence-electron chi connectivity index (χ1n) is 8.27. The molecule has 0 bridgehead atoms. The van der Waals surface area contributed by atoms with E-state index in [0.717, 1.165) is 18.0 Å². The van der Waals surface area contributed by atoms with E-state index in [1.54, 1.807) is 4.90 Å². The summed E-state index contributed by atoms with van der Waals surface area (Å²) < 4.78 is 0. The van der Waals surface area contributed by atoms with Crippen LogP contribution in [0.1, 0.15) is 5.56 Å². The minimum atomic E-state index is -0.228. The van der Waals surface area contributed by atoms with Crippen molar-refractivity contribution in [2.24, 2.45) is 4.99 Å². The lowest BCUT2D eigenvalue weighted by Gasteiger charge is -2.45. The van der Waals surface area contributed by atoms with E-state index in [2.05, 4.69) is 33.3 Å². The van der Waals surface area contributed by atoms with Gasteiger partial charge in [0.1, 0.15) is 12.2 Å². The summed E-state index contributed by atoms with van der Waals surface area (Å²) in [6.07, 6.45) is 5.86. The fourth-order valence-corrected chi connectivity index (χ4v) is 4.06. The molecule has 6 nitrogen and oxygen atoms in total. The van der Waals surface area contributed by atoms with Crippen LogP contribution in [0.2, 0.25) is 0 Å². The summed E-state index contributed by atoms with van der Waals surface area (Å²) in [5.41, 5.74) is 3.31. The number of rotatable bonds is 2. The molecular weight excluding hydrogens is 302 g/mol. The van der Waals surface area contributed by atoms with Crippen LogP contribution in [-0.4, -0.2) is 58.5 Å². The summed E-state index contributed by atoms with van der Waals surface area (Å²) in [7, 11) is 1.85. The number of fused-ring (bicyclic) bond motifs is 5. The molecule has 3 aliphatic heterocycles. The van der Waals surface area contributed by atoms with E-state index in [1.807, 2.05) is 37.4 Å². The van der Waals surface area contributed by atoms with Crippen LogP contribution >= 0.6 is 0 Å². The summed E-state index contributed by atoms with van der Waals surface area (Å²) in [6.45, 7) is 1.46. The number of nitrogens with zero attached hydrogens (tertiary/aromatic N) is 4. The Morgan fingerprint density at radius 1 is 1.29 bits per heavy atom. The predicted octanol–water partition coefficient (Wildman–Crippen LogP) is 0.710. The summed E-state index contributed by atoms with van der Waals surface area (Å²) in [5.74, 6) is 0.135. The topological polar surface area (TPSA) is 51.2 Å². The van der Waals surface area contributed by atoms with Gasteiger partial charge in [-0.3, -0.25) is 15.0 Å². The monoisotopic (exact) mass is 321 g/mol. The van der Waals surface area contributed by atoms with Gasteiger partial charge in [-0.2, -0.15) is 0 Å². The van der Waals surface area contributed by atoms with Gasteiger partial charge in [0.05, 0.1) is 18.1 Å². The predicted molar refractivity (Wildman–Crippen MR) is 90.6 cm³/mol. The van der Waals surface area contributed by atoms with Crippen LogP contribution in [0.25, 0.3) is 0 Å². The molecule has 1 aromatic carbocycles. The first kappa shape index (κ1) is 13.9. The Bertz CT molecular complexity index is 784. The quantitative estimate of drug-likeness (QED) is 0.872. The lowest BCUT2D eigenvalue weighted by atomic mass is 10.1.